The molecular weight excluding hydrogens is 359 g/mol. The molecule has 27 heavy (non-hydrogen) atoms. The van der Waals surface area contributed by atoms with Crippen molar-refractivity contribution in [2.45, 2.75) is 33.1 Å². The van der Waals surface area contributed by atoms with Crippen LogP contribution in [0.5, 0.6) is 5.75 Å². The van der Waals surface area contributed by atoms with Gasteiger partial charge in [-0.25, -0.2) is 13.2 Å². The highest BCUT2D eigenvalue weighted by Crippen LogP contribution is 2.33. The monoisotopic (exact) mass is 383 g/mol. The van der Waals surface area contributed by atoms with Crippen molar-refractivity contribution in [3.63, 3.8) is 0 Å². The quantitative estimate of drug-likeness (QED) is 0.777. The Bertz CT molecular complexity index is 731. The van der Waals surface area contributed by atoms with Gasteiger partial charge >= 0.3 is 5.97 Å². The number of nitrogens with zero attached hydrogens (tertiary/aromatic N) is 1. The number of benzene rings is 1. The molecule has 2 aliphatic rings. The van der Waals surface area contributed by atoms with Gasteiger partial charge in [0.15, 0.2) is 0 Å². The number of ether oxygens (including phenoxy) is 1. The second kappa shape index (κ2) is 7.92. The molecule has 0 aromatic heterocycles. The summed E-state index contributed by atoms with van der Waals surface area (Å²) >= 11 is 0. The highest BCUT2D eigenvalue weighted by Gasteiger charge is 2.33. The normalized spacial score (nSPS) is 22.6. The van der Waals surface area contributed by atoms with E-state index in [2.05, 4.69) is 17.9 Å². The number of aliphatic carboxylic acids is 1. The van der Waals surface area contributed by atoms with Crippen LogP contribution in [0, 0.1) is 17.8 Å². The van der Waals surface area contributed by atoms with Crippen LogP contribution in [0.4, 0.5) is 13.2 Å². The molecule has 3 atom stereocenters. The molecule has 1 N–H and O–H groups in total. The summed E-state index contributed by atoms with van der Waals surface area (Å²) in [5, 5.41) is 8.97. The summed E-state index contributed by atoms with van der Waals surface area (Å²) in [4.78, 5) is 13.0. The Morgan fingerprint density at radius 3 is 2.67 bits per heavy atom. The third-order valence-corrected chi connectivity index (χ3v) is 5.39. The van der Waals surface area contributed by atoms with Crippen molar-refractivity contribution in [3.05, 3.63) is 34.9 Å². The minimum absolute atomic E-state index is 0.254. The predicted molar refractivity (Wildman–Crippen MR) is 95.5 cm³/mol. The summed E-state index contributed by atoms with van der Waals surface area (Å²) in [6.07, 6.45) is -2.00. The average Bonchev–Trinajstić information content (AvgIpc) is 2.56. The largest absolute Gasteiger partial charge is 0.481 e. The molecule has 0 spiro atoms. The number of rotatable bonds is 7. The van der Waals surface area contributed by atoms with Crippen molar-refractivity contribution < 1.29 is 27.8 Å². The molecule has 1 heterocycles. The maximum atomic E-state index is 13.8. The van der Waals surface area contributed by atoms with Gasteiger partial charge in [-0.3, -0.25) is 9.69 Å². The summed E-state index contributed by atoms with van der Waals surface area (Å²) < 4.78 is 44.1. The summed E-state index contributed by atoms with van der Waals surface area (Å²) in [6.45, 7) is 5.09. The molecule has 0 bridgehead atoms. The van der Waals surface area contributed by atoms with Crippen LogP contribution >= 0.6 is 0 Å². The first-order chi connectivity index (χ1) is 12.7. The highest BCUT2D eigenvalue weighted by molar-refractivity contribution is 5.71. The predicted octanol–water partition coefficient (Wildman–Crippen LogP) is 3.85. The lowest BCUT2D eigenvalue weighted by Gasteiger charge is -2.38. The zero-order valence-electron chi connectivity index (χ0n) is 15.4. The van der Waals surface area contributed by atoms with Crippen molar-refractivity contribution in [1.82, 2.24) is 4.90 Å². The molecule has 1 unspecified atom stereocenters. The molecule has 1 saturated heterocycles. The maximum Gasteiger partial charge on any atom is 0.309 e. The number of hydrogen-bond acceptors (Lipinski definition) is 3. The summed E-state index contributed by atoms with van der Waals surface area (Å²) in [6, 6.07) is 5.12. The van der Waals surface area contributed by atoms with Crippen LogP contribution in [-0.2, 0) is 11.2 Å². The van der Waals surface area contributed by atoms with Gasteiger partial charge in [0.25, 0.3) is 0 Å². The lowest BCUT2D eigenvalue weighted by molar-refractivity contribution is -0.147. The van der Waals surface area contributed by atoms with E-state index in [0.29, 0.717) is 13.1 Å². The van der Waals surface area contributed by atoms with Gasteiger partial charge < -0.3 is 9.84 Å². The average molecular weight is 383 g/mol. The lowest BCUT2D eigenvalue weighted by Crippen LogP contribution is -2.51. The Labute approximate surface area is 156 Å². The second-order valence-electron chi connectivity index (χ2n) is 7.58. The van der Waals surface area contributed by atoms with E-state index in [0.717, 1.165) is 31.0 Å². The lowest BCUT2D eigenvalue weighted by atomic mass is 9.83. The Morgan fingerprint density at radius 1 is 1.33 bits per heavy atom. The van der Waals surface area contributed by atoms with Crippen molar-refractivity contribution in [2.24, 2.45) is 17.8 Å². The Hall–Kier alpha value is -2.02. The van der Waals surface area contributed by atoms with E-state index in [9.17, 15) is 18.0 Å². The van der Waals surface area contributed by atoms with Gasteiger partial charge in [0.05, 0.1) is 11.8 Å². The van der Waals surface area contributed by atoms with Gasteiger partial charge in [0, 0.05) is 19.6 Å². The van der Waals surface area contributed by atoms with E-state index < -0.39 is 24.7 Å². The van der Waals surface area contributed by atoms with Gasteiger partial charge in [-0.15, -0.1) is 0 Å². The first kappa shape index (κ1) is 19.7. The van der Waals surface area contributed by atoms with Gasteiger partial charge in [0.1, 0.15) is 5.75 Å². The highest BCUT2D eigenvalue weighted by atomic mass is 19.3. The van der Waals surface area contributed by atoms with E-state index >= 15 is 0 Å². The van der Waals surface area contributed by atoms with Crippen LogP contribution in [-0.4, -0.2) is 48.4 Å². The fraction of sp³-hybridized carbons (Fsp3) is 0.550. The molecule has 7 heteroatoms. The Balaban J connectivity index is 1.66. The molecule has 1 aliphatic carbocycles. The standard InChI is InChI=1S/C20H24F3NO3/c1-11-5-14-7-17(27-19(23)12(2)18(21)22)4-3-13(14)6-15(11)8-24-9-16(10-24)20(25)26/h3-4,6-7,11-12,16,18-19H,5,8-10H2,1-2H3,(H,25,26)/t11-,12?,19-/m0/s1. The number of carboxylic acid groups (broad SMARTS) is 1. The third-order valence-electron chi connectivity index (χ3n) is 5.39. The summed E-state index contributed by atoms with van der Waals surface area (Å²) in [5.41, 5.74) is 3.23. The van der Waals surface area contributed by atoms with Gasteiger partial charge in [-0.1, -0.05) is 31.6 Å². The SMILES string of the molecule is CC(C(F)F)[C@@H](F)Oc1ccc2c(c1)C[C@H](C)C(CN1CC(C(=O)O)C1)=C2. The molecule has 4 nitrogen and oxygen atoms in total. The number of fused-ring (bicyclic) bond motifs is 1. The molecule has 0 radical (unpaired) electrons. The van der Waals surface area contributed by atoms with Crippen molar-refractivity contribution >= 4 is 12.0 Å². The first-order valence-corrected chi connectivity index (χ1v) is 9.12. The minimum atomic E-state index is -2.77. The van der Waals surface area contributed by atoms with Crippen molar-refractivity contribution in [1.29, 1.82) is 0 Å². The van der Waals surface area contributed by atoms with E-state index in [4.69, 9.17) is 9.84 Å². The minimum Gasteiger partial charge on any atom is -0.481 e. The fourth-order valence-corrected chi connectivity index (χ4v) is 3.44. The van der Waals surface area contributed by atoms with Crippen LogP contribution < -0.4 is 4.74 Å². The molecule has 0 amide bonds. The molecule has 1 aliphatic heterocycles. The van der Waals surface area contributed by atoms with E-state index in [-0.39, 0.29) is 17.6 Å². The Kier molecular flexibility index (Phi) is 5.79. The second-order valence-corrected chi connectivity index (χ2v) is 7.58. The van der Waals surface area contributed by atoms with Crippen LogP contribution in [0.3, 0.4) is 0 Å². The molecule has 148 valence electrons. The van der Waals surface area contributed by atoms with E-state index in [1.165, 1.54) is 5.57 Å². The van der Waals surface area contributed by atoms with E-state index in [1.807, 2.05) is 6.07 Å². The number of alkyl halides is 3. The van der Waals surface area contributed by atoms with E-state index in [1.54, 1.807) is 12.1 Å². The van der Waals surface area contributed by atoms with Gasteiger partial charge in [-0.2, -0.15) is 0 Å². The molecule has 1 aromatic carbocycles. The van der Waals surface area contributed by atoms with Gasteiger partial charge in [0.2, 0.25) is 12.8 Å². The first-order valence-electron chi connectivity index (χ1n) is 9.12. The van der Waals surface area contributed by atoms with Crippen molar-refractivity contribution in [3.8, 4) is 5.75 Å². The third kappa shape index (κ3) is 4.46. The van der Waals surface area contributed by atoms with Crippen molar-refractivity contribution in [2.75, 3.05) is 19.6 Å². The number of likely N-dealkylation sites (tertiary alicyclic amines) is 1. The zero-order chi connectivity index (χ0) is 19.7. The smallest absolute Gasteiger partial charge is 0.309 e. The molecule has 1 aromatic rings. The zero-order valence-corrected chi connectivity index (χ0v) is 15.4. The van der Waals surface area contributed by atoms with Crippen LogP contribution in [0.2, 0.25) is 0 Å². The molecule has 1 fully saturated rings. The van der Waals surface area contributed by atoms with Gasteiger partial charge in [-0.05, 0) is 35.6 Å². The molecular formula is C20H24F3NO3. The number of halogens is 3. The molecule has 0 saturated carbocycles. The summed E-state index contributed by atoms with van der Waals surface area (Å²) in [5.74, 6) is -2.00. The number of hydrogen-bond donors (Lipinski definition) is 1. The fourth-order valence-electron chi connectivity index (χ4n) is 3.44. The maximum absolute atomic E-state index is 13.8. The van der Waals surface area contributed by atoms with Crippen LogP contribution in [0.1, 0.15) is 25.0 Å². The number of carboxylic acids is 1. The topological polar surface area (TPSA) is 49.8 Å². The summed E-state index contributed by atoms with van der Waals surface area (Å²) in [7, 11) is 0. The van der Waals surface area contributed by atoms with Crippen LogP contribution in [0.15, 0.2) is 23.8 Å². The Morgan fingerprint density at radius 2 is 2.04 bits per heavy atom. The number of carbonyl (C=O) groups is 1. The molecule has 3 rings (SSSR count). The van der Waals surface area contributed by atoms with Crippen LogP contribution in [0.25, 0.3) is 6.08 Å².